The average molecular weight is 425 g/mol. The maximum atomic E-state index is 12.4. The monoisotopic (exact) mass is 424 g/mol. The van der Waals surface area contributed by atoms with E-state index >= 15 is 0 Å². The molecule has 1 heterocycles. The summed E-state index contributed by atoms with van der Waals surface area (Å²) < 4.78 is 10.4. The van der Waals surface area contributed by atoms with Gasteiger partial charge in [-0.3, -0.25) is 9.59 Å². The third-order valence-electron chi connectivity index (χ3n) is 4.36. The van der Waals surface area contributed by atoms with Crippen LogP contribution in [0.5, 0.6) is 11.5 Å². The second kappa shape index (κ2) is 9.29. The molecule has 0 unspecified atom stereocenters. The summed E-state index contributed by atoms with van der Waals surface area (Å²) >= 11 is 7.27. The Morgan fingerprint density at radius 3 is 2.64 bits per heavy atom. The number of amides is 2. The zero-order valence-electron chi connectivity index (χ0n) is 15.6. The smallest absolute Gasteiger partial charge is 0.240 e. The zero-order chi connectivity index (χ0) is 20.1. The number of hydrogen-bond acceptors (Lipinski definition) is 7. The fraction of sp³-hybridized carbons (Fsp3) is 0.444. The first-order chi connectivity index (χ1) is 13.5. The molecule has 1 atom stereocenters. The lowest BCUT2D eigenvalue weighted by molar-refractivity contribution is -0.122. The van der Waals surface area contributed by atoms with Gasteiger partial charge in [0.05, 0.1) is 24.9 Å². The van der Waals surface area contributed by atoms with E-state index in [0.717, 1.165) is 31.4 Å². The van der Waals surface area contributed by atoms with Crippen molar-refractivity contribution in [2.75, 3.05) is 19.5 Å². The van der Waals surface area contributed by atoms with Crippen molar-refractivity contribution >= 4 is 51.7 Å². The molecule has 1 saturated carbocycles. The topological polar surface area (TPSA) is 101 Å². The minimum absolute atomic E-state index is 0.0137. The fourth-order valence-electron chi connectivity index (χ4n) is 2.91. The maximum Gasteiger partial charge on any atom is 0.240 e. The zero-order valence-corrected chi connectivity index (χ0v) is 17.2. The predicted molar refractivity (Wildman–Crippen MR) is 111 cm³/mol. The van der Waals surface area contributed by atoms with Crippen LogP contribution in [0.25, 0.3) is 0 Å². The molecule has 2 fully saturated rings. The summed E-state index contributed by atoms with van der Waals surface area (Å²) in [6.45, 7) is 0. The summed E-state index contributed by atoms with van der Waals surface area (Å²) in [5.74, 6) is 0.216. The molecule has 8 nitrogen and oxygen atoms in total. The van der Waals surface area contributed by atoms with Crippen LogP contribution in [0.3, 0.4) is 0 Å². The maximum absolute atomic E-state index is 12.4. The molecule has 28 heavy (non-hydrogen) atoms. The third-order valence-corrected chi connectivity index (χ3v) is 5.73. The van der Waals surface area contributed by atoms with Crippen LogP contribution in [0, 0.1) is 0 Å². The van der Waals surface area contributed by atoms with Crippen LogP contribution in [-0.4, -0.2) is 42.2 Å². The molecule has 2 N–H and O–H groups in total. The Kier molecular flexibility index (Phi) is 6.79. The second-order valence-electron chi connectivity index (χ2n) is 6.31. The van der Waals surface area contributed by atoms with Gasteiger partial charge in [-0.05, 0) is 25.7 Å². The summed E-state index contributed by atoms with van der Waals surface area (Å²) in [5.41, 5.74) is 1.46. The van der Waals surface area contributed by atoms with Crippen LogP contribution < -0.4 is 20.1 Å². The molecule has 1 aromatic rings. The van der Waals surface area contributed by atoms with E-state index in [-0.39, 0.29) is 18.2 Å². The molecule has 0 radical (unpaired) electrons. The van der Waals surface area contributed by atoms with E-state index in [4.69, 9.17) is 21.1 Å². The summed E-state index contributed by atoms with van der Waals surface area (Å²) in [6.07, 6.45) is 4.15. The molecule has 10 heteroatoms. The van der Waals surface area contributed by atoms with Crippen molar-refractivity contribution in [1.29, 1.82) is 0 Å². The number of carbonyl (C=O) groups is 2. The quantitative estimate of drug-likeness (QED) is 0.683. The molecular weight excluding hydrogens is 404 g/mol. The molecule has 1 aliphatic heterocycles. The van der Waals surface area contributed by atoms with Gasteiger partial charge in [0, 0.05) is 24.3 Å². The van der Waals surface area contributed by atoms with Crippen LogP contribution in [-0.2, 0) is 9.59 Å². The number of nitrogens with zero attached hydrogens (tertiary/aromatic N) is 2. The first-order valence-electron chi connectivity index (χ1n) is 8.82. The van der Waals surface area contributed by atoms with Crippen molar-refractivity contribution < 1.29 is 19.1 Å². The van der Waals surface area contributed by atoms with Crippen molar-refractivity contribution in [2.45, 2.75) is 37.4 Å². The molecular formula is C18H21ClN4O4S. The van der Waals surface area contributed by atoms with Gasteiger partial charge >= 0.3 is 0 Å². The van der Waals surface area contributed by atoms with Gasteiger partial charge in [-0.1, -0.05) is 23.4 Å². The summed E-state index contributed by atoms with van der Waals surface area (Å²) in [6, 6.07) is 3.13. The van der Waals surface area contributed by atoms with Gasteiger partial charge in [0.15, 0.2) is 5.17 Å². The number of thioether (sulfide) groups is 1. The Bertz CT molecular complexity index is 835. The average Bonchev–Trinajstić information content (AvgIpc) is 3.31. The highest BCUT2D eigenvalue weighted by Crippen LogP contribution is 2.36. The Labute approximate surface area is 172 Å². The summed E-state index contributed by atoms with van der Waals surface area (Å²) in [7, 11) is 2.96. The lowest BCUT2D eigenvalue weighted by Gasteiger charge is -2.13. The van der Waals surface area contributed by atoms with E-state index in [1.54, 1.807) is 12.1 Å². The number of rotatable bonds is 6. The minimum Gasteiger partial charge on any atom is -0.495 e. The SMILES string of the molecule is COc1cc(NC(=O)C[C@H]2S/C(=N/N=C3CCCC3)NC2=O)c(OC)cc1Cl. The van der Waals surface area contributed by atoms with E-state index in [0.29, 0.717) is 27.4 Å². The van der Waals surface area contributed by atoms with Crippen molar-refractivity contribution in [3.63, 3.8) is 0 Å². The van der Waals surface area contributed by atoms with Gasteiger partial charge in [0.25, 0.3) is 0 Å². The van der Waals surface area contributed by atoms with E-state index in [2.05, 4.69) is 20.8 Å². The highest BCUT2D eigenvalue weighted by Gasteiger charge is 2.32. The molecule has 3 rings (SSSR count). The van der Waals surface area contributed by atoms with Gasteiger partial charge in [0.2, 0.25) is 11.8 Å². The molecule has 2 aliphatic rings. The summed E-state index contributed by atoms with van der Waals surface area (Å²) in [5, 5.41) is 13.9. The van der Waals surface area contributed by atoms with E-state index in [1.807, 2.05) is 0 Å². The van der Waals surface area contributed by atoms with Crippen molar-refractivity contribution in [3.05, 3.63) is 17.2 Å². The highest BCUT2D eigenvalue weighted by molar-refractivity contribution is 8.15. The molecule has 0 spiro atoms. The van der Waals surface area contributed by atoms with E-state index in [9.17, 15) is 9.59 Å². The van der Waals surface area contributed by atoms with Crippen LogP contribution in [0.2, 0.25) is 5.02 Å². The van der Waals surface area contributed by atoms with E-state index in [1.165, 1.54) is 26.0 Å². The normalized spacial score (nSPS) is 20.2. The molecule has 0 aromatic heterocycles. The first kappa shape index (κ1) is 20.5. The lowest BCUT2D eigenvalue weighted by Crippen LogP contribution is -2.28. The number of benzene rings is 1. The molecule has 2 amide bonds. The van der Waals surface area contributed by atoms with Gasteiger partial charge in [-0.15, -0.1) is 5.10 Å². The minimum atomic E-state index is -0.567. The number of nitrogens with one attached hydrogen (secondary N) is 2. The number of methoxy groups -OCH3 is 2. The molecule has 1 aliphatic carbocycles. The van der Waals surface area contributed by atoms with Gasteiger partial charge in [0.1, 0.15) is 16.7 Å². The Morgan fingerprint density at radius 1 is 1.25 bits per heavy atom. The number of ether oxygens (including phenoxy) is 2. The van der Waals surface area contributed by atoms with Gasteiger partial charge in [-0.2, -0.15) is 5.10 Å². The molecule has 1 saturated heterocycles. The van der Waals surface area contributed by atoms with Gasteiger partial charge in [-0.25, -0.2) is 0 Å². The predicted octanol–water partition coefficient (Wildman–Crippen LogP) is 3.20. The van der Waals surface area contributed by atoms with Gasteiger partial charge < -0.3 is 20.1 Å². The fourth-order valence-corrected chi connectivity index (χ4v) is 4.06. The largest absolute Gasteiger partial charge is 0.495 e. The molecule has 150 valence electrons. The van der Waals surface area contributed by atoms with Crippen molar-refractivity contribution in [2.24, 2.45) is 10.2 Å². The number of carbonyl (C=O) groups excluding carboxylic acids is 2. The van der Waals surface area contributed by atoms with Crippen LogP contribution in [0.15, 0.2) is 22.3 Å². The third kappa shape index (κ3) is 4.96. The highest BCUT2D eigenvalue weighted by atomic mass is 35.5. The standard InChI is InChI=1S/C18H21ClN4O4S/c1-26-13-8-12(14(27-2)7-11(13)19)20-16(24)9-15-17(25)21-18(28-15)23-22-10-5-3-4-6-10/h7-8,15H,3-6,9H2,1-2H3,(H,20,24)(H,21,23,25)/t15-/m1/s1. The van der Waals surface area contributed by atoms with Crippen LogP contribution in [0.4, 0.5) is 5.69 Å². The first-order valence-corrected chi connectivity index (χ1v) is 10.1. The Balaban J connectivity index is 1.63. The molecule has 1 aromatic carbocycles. The molecule has 0 bridgehead atoms. The van der Waals surface area contributed by atoms with Crippen molar-refractivity contribution in [1.82, 2.24) is 5.32 Å². The number of hydrogen-bond donors (Lipinski definition) is 2. The second-order valence-corrected chi connectivity index (χ2v) is 7.91. The summed E-state index contributed by atoms with van der Waals surface area (Å²) in [4.78, 5) is 24.6. The lowest BCUT2D eigenvalue weighted by atomic mass is 10.2. The Hall–Kier alpha value is -2.26. The Morgan fingerprint density at radius 2 is 1.96 bits per heavy atom. The number of amidine groups is 1. The number of halogens is 1. The number of anilines is 1. The van der Waals surface area contributed by atoms with Crippen LogP contribution >= 0.6 is 23.4 Å². The van der Waals surface area contributed by atoms with Crippen molar-refractivity contribution in [3.8, 4) is 11.5 Å². The van der Waals surface area contributed by atoms with E-state index < -0.39 is 5.25 Å². The van der Waals surface area contributed by atoms with Crippen LogP contribution in [0.1, 0.15) is 32.1 Å².